The SMILES string of the molecule is O=C1C[C@@H]2CCCCN2C2=C1CCCC2. The van der Waals surface area contributed by atoms with Crippen molar-refractivity contribution in [3.63, 3.8) is 0 Å². The molecule has 0 aromatic carbocycles. The summed E-state index contributed by atoms with van der Waals surface area (Å²) in [4.78, 5) is 14.6. The van der Waals surface area contributed by atoms with Crippen LogP contribution in [0.15, 0.2) is 11.3 Å². The Labute approximate surface area is 91.3 Å². The maximum Gasteiger partial charge on any atom is 0.162 e. The lowest BCUT2D eigenvalue weighted by atomic mass is 9.83. The van der Waals surface area contributed by atoms with Crippen LogP contribution in [0.1, 0.15) is 51.4 Å². The van der Waals surface area contributed by atoms with Crippen LogP contribution in [0.2, 0.25) is 0 Å². The topological polar surface area (TPSA) is 20.3 Å². The molecule has 1 saturated heterocycles. The van der Waals surface area contributed by atoms with Crippen LogP contribution in [-0.4, -0.2) is 23.3 Å². The van der Waals surface area contributed by atoms with Crippen LogP contribution in [-0.2, 0) is 4.79 Å². The molecule has 1 atom stereocenters. The van der Waals surface area contributed by atoms with Crippen LogP contribution in [0.5, 0.6) is 0 Å². The van der Waals surface area contributed by atoms with Crippen molar-refractivity contribution in [2.45, 2.75) is 57.4 Å². The van der Waals surface area contributed by atoms with Crippen molar-refractivity contribution in [1.82, 2.24) is 4.90 Å². The third-order valence-electron chi connectivity index (χ3n) is 4.17. The normalized spacial score (nSPS) is 31.3. The highest BCUT2D eigenvalue weighted by Gasteiger charge is 2.35. The maximum absolute atomic E-state index is 12.0. The molecule has 1 aliphatic carbocycles. The Morgan fingerprint density at radius 2 is 1.93 bits per heavy atom. The third-order valence-corrected chi connectivity index (χ3v) is 4.17. The summed E-state index contributed by atoms with van der Waals surface area (Å²) >= 11 is 0. The Morgan fingerprint density at radius 3 is 2.87 bits per heavy atom. The van der Waals surface area contributed by atoms with Gasteiger partial charge in [-0.25, -0.2) is 0 Å². The molecule has 0 saturated carbocycles. The van der Waals surface area contributed by atoms with E-state index in [0.29, 0.717) is 11.8 Å². The minimum atomic E-state index is 0.466. The van der Waals surface area contributed by atoms with Gasteiger partial charge in [0.25, 0.3) is 0 Å². The summed E-state index contributed by atoms with van der Waals surface area (Å²) in [5, 5.41) is 0. The number of carbonyl (C=O) groups is 1. The zero-order valence-electron chi connectivity index (χ0n) is 9.30. The van der Waals surface area contributed by atoms with Gasteiger partial charge in [0, 0.05) is 30.3 Å². The summed E-state index contributed by atoms with van der Waals surface area (Å²) in [6.45, 7) is 1.21. The first kappa shape index (κ1) is 9.44. The van der Waals surface area contributed by atoms with E-state index in [-0.39, 0.29) is 0 Å². The fourth-order valence-corrected chi connectivity index (χ4v) is 3.41. The molecule has 0 aromatic rings. The Kier molecular flexibility index (Phi) is 2.30. The molecule has 82 valence electrons. The third kappa shape index (κ3) is 1.51. The lowest BCUT2D eigenvalue weighted by Crippen LogP contribution is -2.45. The van der Waals surface area contributed by atoms with E-state index < -0.39 is 0 Å². The summed E-state index contributed by atoms with van der Waals surface area (Å²) in [7, 11) is 0. The second-order valence-electron chi connectivity index (χ2n) is 5.10. The highest BCUT2D eigenvalue weighted by molar-refractivity contribution is 5.97. The molecule has 15 heavy (non-hydrogen) atoms. The molecule has 0 aromatic heterocycles. The number of fused-ring (bicyclic) bond motifs is 2. The summed E-state index contributed by atoms with van der Waals surface area (Å²) in [6, 6.07) is 0.558. The summed E-state index contributed by atoms with van der Waals surface area (Å²) in [5.74, 6) is 0.466. The first-order chi connectivity index (χ1) is 7.36. The van der Waals surface area contributed by atoms with Crippen LogP contribution in [0.4, 0.5) is 0 Å². The van der Waals surface area contributed by atoms with Crippen molar-refractivity contribution in [1.29, 1.82) is 0 Å². The molecule has 2 nitrogen and oxygen atoms in total. The summed E-state index contributed by atoms with van der Waals surface area (Å²) in [5.41, 5.74) is 2.63. The number of hydrogen-bond acceptors (Lipinski definition) is 2. The van der Waals surface area contributed by atoms with Crippen molar-refractivity contribution in [2.24, 2.45) is 0 Å². The average molecular weight is 205 g/mol. The van der Waals surface area contributed by atoms with Crippen molar-refractivity contribution in [3.8, 4) is 0 Å². The van der Waals surface area contributed by atoms with Gasteiger partial charge in [0.1, 0.15) is 0 Å². The monoisotopic (exact) mass is 205 g/mol. The Morgan fingerprint density at radius 1 is 1.07 bits per heavy atom. The predicted octanol–water partition coefficient (Wildman–Crippen LogP) is 2.64. The quantitative estimate of drug-likeness (QED) is 0.606. The number of carbonyl (C=O) groups excluding carboxylic acids is 1. The van der Waals surface area contributed by atoms with E-state index in [1.54, 1.807) is 0 Å². The highest BCUT2D eigenvalue weighted by atomic mass is 16.1. The van der Waals surface area contributed by atoms with E-state index in [4.69, 9.17) is 0 Å². The van der Waals surface area contributed by atoms with Crippen LogP contribution in [0, 0.1) is 0 Å². The molecule has 3 rings (SSSR count). The molecule has 2 heterocycles. The van der Waals surface area contributed by atoms with Gasteiger partial charge in [-0.2, -0.15) is 0 Å². The fourth-order valence-electron chi connectivity index (χ4n) is 3.41. The second kappa shape index (κ2) is 3.66. The van der Waals surface area contributed by atoms with E-state index in [0.717, 1.165) is 19.3 Å². The van der Waals surface area contributed by atoms with Crippen LogP contribution < -0.4 is 0 Å². The molecule has 3 aliphatic rings. The van der Waals surface area contributed by atoms with Gasteiger partial charge in [-0.1, -0.05) is 0 Å². The molecule has 0 unspecified atom stereocenters. The van der Waals surface area contributed by atoms with Crippen LogP contribution in [0.3, 0.4) is 0 Å². The number of allylic oxidation sites excluding steroid dienone is 2. The van der Waals surface area contributed by atoms with Gasteiger partial charge in [0.05, 0.1) is 0 Å². The van der Waals surface area contributed by atoms with Gasteiger partial charge >= 0.3 is 0 Å². The van der Waals surface area contributed by atoms with Gasteiger partial charge in [-0.05, 0) is 44.9 Å². The molecule has 0 spiro atoms. The smallest absolute Gasteiger partial charge is 0.162 e. The molecule has 0 N–H and O–H groups in total. The molecule has 2 aliphatic heterocycles. The molecule has 0 amide bonds. The maximum atomic E-state index is 12.0. The Hall–Kier alpha value is -0.790. The number of Topliss-reactive ketones (excluding diaryl/α,β-unsaturated/α-hetero) is 1. The highest BCUT2D eigenvalue weighted by Crippen LogP contribution is 2.37. The number of rotatable bonds is 0. The first-order valence-corrected chi connectivity index (χ1v) is 6.38. The van der Waals surface area contributed by atoms with E-state index in [1.165, 1.54) is 49.9 Å². The fraction of sp³-hybridized carbons (Fsp3) is 0.769. The van der Waals surface area contributed by atoms with E-state index in [9.17, 15) is 4.79 Å². The first-order valence-electron chi connectivity index (χ1n) is 6.38. The molecule has 2 heteroatoms. The lowest BCUT2D eigenvalue weighted by molar-refractivity contribution is -0.118. The van der Waals surface area contributed by atoms with Crippen LogP contribution in [0.25, 0.3) is 0 Å². The summed E-state index contributed by atoms with van der Waals surface area (Å²) < 4.78 is 0. The van der Waals surface area contributed by atoms with Crippen molar-refractivity contribution < 1.29 is 4.79 Å². The standard InChI is InChI=1S/C13H19NO/c15-13-9-10-5-3-4-8-14(10)12-7-2-1-6-11(12)13/h10H,1-9H2/t10-/m0/s1. The van der Waals surface area contributed by atoms with Gasteiger partial charge < -0.3 is 4.90 Å². The molecule has 0 radical (unpaired) electrons. The minimum Gasteiger partial charge on any atom is -0.371 e. The van der Waals surface area contributed by atoms with E-state index in [2.05, 4.69) is 4.90 Å². The molecule has 1 fully saturated rings. The van der Waals surface area contributed by atoms with E-state index >= 15 is 0 Å². The molecule has 0 bridgehead atoms. The van der Waals surface area contributed by atoms with Crippen molar-refractivity contribution in [2.75, 3.05) is 6.54 Å². The van der Waals surface area contributed by atoms with Crippen molar-refractivity contribution >= 4 is 5.78 Å². The predicted molar refractivity (Wildman–Crippen MR) is 59.5 cm³/mol. The zero-order chi connectivity index (χ0) is 10.3. The van der Waals surface area contributed by atoms with Gasteiger partial charge in [0.2, 0.25) is 0 Å². The number of hydrogen-bond donors (Lipinski definition) is 0. The number of piperidine rings is 1. The van der Waals surface area contributed by atoms with E-state index in [1.807, 2.05) is 0 Å². The van der Waals surface area contributed by atoms with Gasteiger partial charge in [0.15, 0.2) is 5.78 Å². The summed E-state index contributed by atoms with van der Waals surface area (Å²) in [6.07, 6.45) is 9.41. The van der Waals surface area contributed by atoms with Crippen molar-refractivity contribution in [3.05, 3.63) is 11.3 Å². The largest absolute Gasteiger partial charge is 0.371 e. The van der Waals surface area contributed by atoms with Gasteiger partial charge in [-0.3, -0.25) is 4.79 Å². The number of ketones is 1. The minimum absolute atomic E-state index is 0.466. The number of nitrogens with zero attached hydrogens (tertiary/aromatic N) is 1. The van der Waals surface area contributed by atoms with Crippen LogP contribution >= 0.6 is 0 Å². The molecular weight excluding hydrogens is 186 g/mol. The Balaban J connectivity index is 1.95. The lowest BCUT2D eigenvalue weighted by Gasteiger charge is -2.44. The Bertz CT molecular complexity index is 318. The molecular formula is C13H19NO. The average Bonchev–Trinajstić information content (AvgIpc) is 2.30. The zero-order valence-corrected chi connectivity index (χ0v) is 9.30. The van der Waals surface area contributed by atoms with Gasteiger partial charge in [-0.15, -0.1) is 0 Å². The second-order valence-corrected chi connectivity index (χ2v) is 5.10.